The summed E-state index contributed by atoms with van der Waals surface area (Å²) in [4.78, 5) is 6.04. The van der Waals surface area contributed by atoms with Crippen LogP contribution in [0.1, 0.15) is 0 Å². The van der Waals surface area contributed by atoms with Gasteiger partial charge in [-0.15, -0.1) is 0 Å². The van der Waals surface area contributed by atoms with Crippen molar-refractivity contribution in [1.82, 2.24) is 9.97 Å². The fraction of sp³-hybridized carbons (Fsp3) is 0. The van der Waals surface area contributed by atoms with Crippen LogP contribution in [0.25, 0.3) is 11.0 Å². The lowest BCUT2D eigenvalue weighted by Crippen LogP contribution is -1.63. The summed E-state index contributed by atoms with van der Waals surface area (Å²) in [6.45, 7) is 0. The van der Waals surface area contributed by atoms with E-state index in [-0.39, 0.29) is 5.48 Å². The van der Waals surface area contributed by atoms with E-state index in [4.69, 9.17) is 12.2 Å². The minimum Gasteiger partial charge on any atom is -0.412 e. The average molecular weight is 168 g/mol. The summed E-state index contributed by atoms with van der Waals surface area (Å²) in [5.74, 6) is 0. The summed E-state index contributed by atoms with van der Waals surface area (Å²) in [5, 5.41) is 0. The van der Waals surface area contributed by atoms with Crippen LogP contribution in [0, 0.1) is 4.77 Å². The summed E-state index contributed by atoms with van der Waals surface area (Å²) >= 11 is 4.90. The Hall–Kier alpha value is -1.13. The molecule has 1 heterocycles. The number of nitrogens with one attached hydrogen (secondary N) is 2. The SMILES string of the molecule is O.S=c1[nH]c2ccccc2[nH]1. The molecule has 0 bridgehead atoms. The van der Waals surface area contributed by atoms with Crippen molar-refractivity contribution in [2.24, 2.45) is 0 Å². The van der Waals surface area contributed by atoms with Crippen LogP contribution in [0.5, 0.6) is 0 Å². The first-order chi connectivity index (χ1) is 4.86. The Kier molecular flexibility index (Phi) is 2.07. The zero-order valence-corrected chi connectivity index (χ0v) is 6.53. The van der Waals surface area contributed by atoms with E-state index in [1.807, 2.05) is 24.3 Å². The van der Waals surface area contributed by atoms with Crippen LogP contribution >= 0.6 is 12.2 Å². The number of benzene rings is 1. The van der Waals surface area contributed by atoms with E-state index in [9.17, 15) is 0 Å². The third-order valence-corrected chi connectivity index (χ3v) is 1.63. The number of imidazole rings is 1. The Morgan fingerprint density at radius 2 is 1.45 bits per heavy atom. The number of hydrogen-bond acceptors (Lipinski definition) is 1. The molecule has 4 N–H and O–H groups in total. The average Bonchev–Trinajstić information content (AvgIpc) is 2.27. The van der Waals surface area contributed by atoms with Crippen LogP contribution in [0.3, 0.4) is 0 Å². The molecule has 0 aliphatic heterocycles. The van der Waals surface area contributed by atoms with Gasteiger partial charge in [-0.05, 0) is 24.4 Å². The fourth-order valence-corrected chi connectivity index (χ4v) is 1.20. The van der Waals surface area contributed by atoms with Crippen molar-refractivity contribution in [1.29, 1.82) is 0 Å². The number of hydrogen-bond donors (Lipinski definition) is 2. The predicted octanol–water partition coefficient (Wildman–Crippen LogP) is 1.40. The molecule has 0 aliphatic rings. The van der Waals surface area contributed by atoms with Gasteiger partial charge in [0.2, 0.25) is 0 Å². The molecule has 0 saturated heterocycles. The standard InChI is InChI=1S/C7H6N2S.H2O/c10-7-8-5-3-1-2-4-6(5)9-7;/h1-4H,(H2,8,9,10);1H2. The van der Waals surface area contributed by atoms with Crippen molar-refractivity contribution >= 4 is 23.3 Å². The molecule has 0 fully saturated rings. The molecule has 1 aromatic carbocycles. The van der Waals surface area contributed by atoms with Gasteiger partial charge in [0.05, 0.1) is 11.0 Å². The molecule has 58 valence electrons. The summed E-state index contributed by atoms with van der Waals surface area (Å²) in [5.41, 5.74) is 2.13. The van der Waals surface area contributed by atoms with Gasteiger partial charge in [-0.2, -0.15) is 0 Å². The van der Waals surface area contributed by atoms with E-state index >= 15 is 0 Å². The van der Waals surface area contributed by atoms with Gasteiger partial charge in [0.25, 0.3) is 0 Å². The van der Waals surface area contributed by atoms with E-state index in [1.165, 1.54) is 0 Å². The molecule has 2 aromatic rings. The third-order valence-electron chi connectivity index (χ3n) is 1.42. The number of para-hydroxylation sites is 2. The van der Waals surface area contributed by atoms with Gasteiger partial charge >= 0.3 is 0 Å². The summed E-state index contributed by atoms with van der Waals surface area (Å²) in [7, 11) is 0. The molecule has 0 amide bonds. The lowest BCUT2D eigenvalue weighted by molar-refractivity contribution is 0.824. The van der Waals surface area contributed by atoms with Crippen LogP contribution in [0.2, 0.25) is 0 Å². The van der Waals surface area contributed by atoms with Gasteiger partial charge in [-0.25, -0.2) is 0 Å². The molecule has 0 spiro atoms. The van der Waals surface area contributed by atoms with Gasteiger partial charge in [0, 0.05) is 0 Å². The summed E-state index contributed by atoms with van der Waals surface area (Å²) in [6.07, 6.45) is 0. The lowest BCUT2D eigenvalue weighted by atomic mass is 10.3. The van der Waals surface area contributed by atoms with Gasteiger partial charge in [0.15, 0.2) is 4.77 Å². The second kappa shape index (κ2) is 2.86. The maximum absolute atomic E-state index is 4.90. The highest BCUT2D eigenvalue weighted by Gasteiger charge is 1.90. The number of H-pyrrole nitrogens is 2. The van der Waals surface area contributed by atoms with Crippen LogP contribution < -0.4 is 0 Å². The maximum atomic E-state index is 4.90. The van der Waals surface area contributed by atoms with Gasteiger partial charge < -0.3 is 15.4 Å². The largest absolute Gasteiger partial charge is 0.412 e. The van der Waals surface area contributed by atoms with Crippen LogP contribution in [0.4, 0.5) is 0 Å². The minimum absolute atomic E-state index is 0. The Balaban J connectivity index is 0.000000605. The van der Waals surface area contributed by atoms with Gasteiger partial charge in [0.1, 0.15) is 0 Å². The first kappa shape index (κ1) is 7.97. The molecule has 0 atom stereocenters. The highest BCUT2D eigenvalue weighted by Crippen LogP contribution is 2.06. The summed E-state index contributed by atoms with van der Waals surface area (Å²) < 4.78 is 0.682. The smallest absolute Gasteiger partial charge is 0.175 e. The molecule has 1 aromatic heterocycles. The van der Waals surface area contributed by atoms with Crippen LogP contribution in [0.15, 0.2) is 24.3 Å². The lowest BCUT2D eigenvalue weighted by Gasteiger charge is -1.82. The van der Waals surface area contributed by atoms with E-state index < -0.39 is 0 Å². The first-order valence-corrected chi connectivity index (χ1v) is 3.44. The first-order valence-electron chi connectivity index (χ1n) is 3.03. The molecule has 3 nitrogen and oxygen atoms in total. The van der Waals surface area contributed by atoms with E-state index in [0.717, 1.165) is 11.0 Å². The van der Waals surface area contributed by atoms with Crippen molar-refractivity contribution in [3.63, 3.8) is 0 Å². The molecule has 4 heteroatoms. The minimum atomic E-state index is 0. The van der Waals surface area contributed by atoms with Crippen LogP contribution in [-0.4, -0.2) is 15.4 Å². The Labute approximate surface area is 68.4 Å². The topological polar surface area (TPSA) is 63.1 Å². The van der Waals surface area contributed by atoms with E-state index in [2.05, 4.69) is 9.97 Å². The highest BCUT2D eigenvalue weighted by atomic mass is 32.1. The predicted molar refractivity (Wildman–Crippen MR) is 47.1 cm³/mol. The number of aromatic amines is 2. The van der Waals surface area contributed by atoms with Crippen molar-refractivity contribution in [2.75, 3.05) is 0 Å². The molecule has 0 aliphatic carbocycles. The van der Waals surface area contributed by atoms with E-state index in [0.29, 0.717) is 4.77 Å². The second-order valence-corrected chi connectivity index (χ2v) is 2.53. The summed E-state index contributed by atoms with van der Waals surface area (Å²) in [6, 6.07) is 7.92. The van der Waals surface area contributed by atoms with Crippen molar-refractivity contribution in [3.8, 4) is 0 Å². The second-order valence-electron chi connectivity index (χ2n) is 2.12. The third kappa shape index (κ3) is 1.31. The van der Waals surface area contributed by atoms with Crippen LogP contribution in [-0.2, 0) is 0 Å². The molecule has 0 saturated carbocycles. The number of aromatic nitrogens is 2. The molecule has 0 radical (unpaired) electrons. The van der Waals surface area contributed by atoms with E-state index in [1.54, 1.807) is 0 Å². The Morgan fingerprint density at radius 1 is 1.00 bits per heavy atom. The molecular weight excluding hydrogens is 160 g/mol. The van der Waals surface area contributed by atoms with Gasteiger partial charge in [-0.1, -0.05) is 12.1 Å². The molecular formula is C7H8N2OS. The number of fused-ring (bicyclic) bond motifs is 1. The quantitative estimate of drug-likeness (QED) is 0.574. The monoisotopic (exact) mass is 168 g/mol. The molecule has 2 rings (SSSR count). The Morgan fingerprint density at radius 3 is 1.91 bits per heavy atom. The molecule has 0 unspecified atom stereocenters. The maximum Gasteiger partial charge on any atom is 0.175 e. The zero-order valence-electron chi connectivity index (χ0n) is 5.72. The van der Waals surface area contributed by atoms with Crippen molar-refractivity contribution in [2.45, 2.75) is 0 Å². The molecule has 11 heavy (non-hydrogen) atoms. The zero-order chi connectivity index (χ0) is 6.97. The van der Waals surface area contributed by atoms with Crippen molar-refractivity contribution in [3.05, 3.63) is 29.0 Å². The fourth-order valence-electron chi connectivity index (χ4n) is 0.977. The number of rotatable bonds is 0. The van der Waals surface area contributed by atoms with Gasteiger partial charge in [-0.3, -0.25) is 0 Å². The van der Waals surface area contributed by atoms with Crippen molar-refractivity contribution < 1.29 is 5.48 Å². The Bertz CT molecular complexity index is 368. The normalized spacial score (nSPS) is 9.45. The highest BCUT2D eigenvalue weighted by molar-refractivity contribution is 7.71.